The quantitative estimate of drug-likeness (QED) is 0.778. The highest BCUT2D eigenvalue weighted by molar-refractivity contribution is 7.71. The van der Waals surface area contributed by atoms with Crippen LogP contribution in [0.25, 0.3) is 0 Å². The predicted molar refractivity (Wildman–Crippen MR) is 87.8 cm³/mol. The molecular weight excluding hydrogens is 276 g/mol. The highest BCUT2D eigenvalue weighted by Crippen LogP contribution is 2.36. The van der Waals surface area contributed by atoms with E-state index in [1.807, 2.05) is 0 Å². The van der Waals surface area contributed by atoms with Gasteiger partial charge in [-0.3, -0.25) is 4.90 Å². The number of piperidine rings is 1. The molecule has 1 fully saturated rings. The van der Waals surface area contributed by atoms with Crippen LogP contribution in [-0.4, -0.2) is 22.6 Å². The Kier molecular flexibility index (Phi) is 3.40. The van der Waals surface area contributed by atoms with E-state index in [2.05, 4.69) is 58.0 Å². The second-order valence-corrected chi connectivity index (χ2v) is 6.80. The third-order valence-electron chi connectivity index (χ3n) is 4.80. The molecule has 1 aromatic carbocycles. The maximum absolute atomic E-state index is 5.50. The van der Waals surface area contributed by atoms with Crippen molar-refractivity contribution in [1.82, 2.24) is 9.47 Å². The molecule has 1 aromatic heterocycles. The molecule has 3 heteroatoms. The lowest BCUT2D eigenvalue weighted by Gasteiger charge is -2.43. The number of nitrogens with zero attached hydrogens (tertiary/aromatic N) is 2. The van der Waals surface area contributed by atoms with Crippen molar-refractivity contribution in [1.29, 1.82) is 0 Å². The maximum atomic E-state index is 5.50. The summed E-state index contributed by atoms with van der Waals surface area (Å²) in [5, 5.41) is 0. The summed E-state index contributed by atoms with van der Waals surface area (Å²) < 4.78 is 3.37. The minimum atomic E-state index is 0.643. The molecule has 0 N–H and O–H groups in total. The van der Waals surface area contributed by atoms with Gasteiger partial charge in [0.05, 0.1) is 0 Å². The van der Waals surface area contributed by atoms with E-state index in [0.29, 0.717) is 5.92 Å². The first kappa shape index (κ1) is 13.2. The zero-order valence-corrected chi connectivity index (χ0v) is 12.9. The lowest BCUT2D eigenvalue weighted by atomic mass is 9.83. The van der Waals surface area contributed by atoms with Crippen molar-refractivity contribution in [2.24, 2.45) is 5.92 Å². The highest BCUT2D eigenvalue weighted by atomic mass is 32.1. The fraction of sp³-hybridized carbons (Fsp3) is 0.389. The molecule has 2 nitrogen and oxygen atoms in total. The SMILES string of the molecule is S=c1cccc2n1C[C@H]1C[C@@H]2CN(Cc2ccccc2)C1. The number of hydrogen-bond acceptors (Lipinski definition) is 2. The Morgan fingerprint density at radius 3 is 2.67 bits per heavy atom. The number of benzene rings is 1. The van der Waals surface area contributed by atoms with Gasteiger partial charge in [0.15, 0.2) is 0 Å². The molecule has 0 radical (unpaired) electrons. The summed E-state index contributed by atoms with van der Waals surface area (Å²) >= 11 is 5.50. The maximum Gasteiger partial charge on any atom is 0.106 e. The van der Waals surface area contributed by atoms with Gasteiger partial charge < -0.3 is 4.57 Å². The lowest BCUT2D eigenvalue weighted by molar-refractivity contribution is 0.115. The molecule has 0 aliphatic carbocycles. The van der Waals surface area contributed by atoms with Crippen molar-refractivity contribution < 1.29 is 0 Å². The molecule has 0 spiro atoms. The number of likely N-dealkylation sites (tertiary alicyclic amines) is 1. The molecule has 4 rings (SSSR count). The van der Waals surface area contributed by atoms with Crippen molar-refractivity contribution in [2.75, 3.05) is 13.1 Å². The fourth-order valence-corrected chi connectivity index (χ4v) is 4.22. The van der Waals surface area contributed by atoms with Gasteiger partial charge in [-0.1, -0.05) is 48.6 Å². The third-order valence-corrected chi connectivity index (χ3v) is 5.16. The molecule has 2 aliphatic heterocycles. The molecule has 0 saturated carbocycles. The largest absolute Gasteiger partial charge is 0.336 e. The summed E-state index contributed by atoms with van der Waals surface area (Å²) in [6, 6.07) is 17.3. The summed E-state index contributed by atoms with van der Waals surface area (Å²) in [5.41, 5.74) is 2.86. The number of aromatic nitrogens is 1. The Morgan fingerprint density at radius 1 is 0.952 bits per heavy atom. The Bertz CT molecular complexity index is 692. The van der Waals surface area contributed by atoms with E-state index in [9.17, 15) is 0 Å². The normalized spacial score (nSPS) is 24.6. The average Bonchev–Trinajstić information content (AvgIpc) is 2.49. The van der Waals surface area contributed by atoms with Crippen molar-refractivity contribution in [3.05, 3.63) is 64.4 Å². The summed E-state index contributed by atoms with van der Waals surface area (Å²) in [4.78, 5) is 2.62. The second-order valence-electron chi connectivity index (χ2n) is 6.38. The average molecular weight is 296 g/mol. The van der Waals surface area contributed by atoms with Gasteiger partial charge in [0.25, 0.3) is 0 Å². The van der Waals surface area contributed by atoms with Gasteiger partial charge in [-0.2, -0.15) is 0 Å². The molecule has 21 heavy (non-hydrogen) atoms. The van der Waals surface area contributed by atoms with E-state index in [4.69, 9.17) is 12.2 Å². The number of rotatable bonds is 2. The fourth-order valence-electron chi connectivity index (χ4n) is 3.97. The molecular formula is C18H20N2S. The summed E-state index contributed by atoms with van der Waals surface area (Å²) in [6.07, 6.45) is 1.32. The van der Waals surface area contributed by atoms with Crippen LogP contribution in [0.3, 0.4) is 0 Å². The summed E-state index contributed by atoms with van der Waals surface area (Å²) in [6.45, 7) is 4.52. The van der Waals surface area contributed by atoms with E-state index >= 15 is 0 Å². The van der Waals surface area contributed by atoms with Gasteiger partial charge in [-0.25, -0.2) is 0 Å². The van der Waals surface area contributed by atoms with Crippen LogP contribution in [-0.2, 0) is 13.1 Å². The van der Waals surface area contributed by atoms with E-state index in [1.54, 1.807) is 0 Å². The van der Waals surface area contributed by atoms with Gasteiger partial charge in [-0.15, -0.1) is 0 Å². The summed E-state index contributed by atoms with van der Waals surface area (Å²) in [7, 11) is 0. The standard InChI is InChI=1S/C18H20N2S/c21-18-8-4-7-17-16-9-15(12-20(17)18)11-19(13-16)10-14-5-2-1-3-6-14/h1-8,15-16H,9-13H2/t15-,16+/m0/s1. The molecule has 2 aliphatic rings. The monoisotopic (exact) mass is 296 g/mol. The smallest absolute Gasteiger partial charge is 0.106 e. The van der Waals surface area contributed by atoms with E-state index in [-0.39, 0.29) is 0 Å². The van der Waals surface area contributed by atoms with E-state index in [1.165, 1.54) is 24.2 Å². The van der Waals surface area contributed by atoms with Crippen LogP contribution in [0.15, 0.2) is 48.5 Å². The van der Waals surface area contributed by atoms with E-state index < -0.39 is 0 Å². The molecule has 2 atom stereocenters. The topological polar surface area (TPSA) is 8.17 Å². The van der Waals surface area contributed by atoms with Crippen molar-refractivity contribution in [3.63, 3.8) is 0 Å². The Morgan fingerprint density at radius 2 is 1.81 bits per heavy atom. The predicted octanol–water partition coefficient (Wildman–Crippen LogP) is 3.84. The van der Waals surface area contributed by atoms with Crippen LogP contribution >= 0.6 is 12.2 Å². The van der Waals surface area contributed by atoms with Crippen LogP contribution in [0.4, 0.5) is 0 Å². The Balaban J connectivity index is 1.58. The van der Waals surface area contributed by atoms with Crippen molar-refractivity contribution >= 4 is 12.2 Å². The van der Waals surface area contributed by atoms with Gasteiger partial charge in [0, 0.05) is 37.8 Å². The Labute approximate surface area is 131 Å². The van der Waals surface area contributed by atoms with Gasteiger partial charge >= 0.3 is 0 Å². The molecule has 3 heterocycles. The van der Waals surface area contributed by atoms with Crippen LogP contribution in [0.2, 0.25) is 0 Å². The first-order valence-electron chi connectivity index (χ1n) is 7.75. The molecule has 2 aromatic rings. The number of pyridine rings is 1. The van der Waals surface area contributed by atoms with Gasteiger partial charge in [-0.05, 0) is 30.0 Å². The first-order chi connectivity index (χ1) is 10.3. The number of fused-ring (bicyclic) bond motifs is 4. The van der Waals surface area contributed by atoms with Crippen LogP contribution in [0, 0.1) is 10.6 Å². The minimum Gasteiger partial charge on any atom is -0.336 e. The van der Waals surface area contributed by atoms with Crippen LogP contribution in [0.5, 0.6) is 0 Å². The highest BCUT2D eigenvalue weighted by Gasteiger charge is 2.33. The van der Waals surface area contributed by atoms with Gasteiger partial charge in [0.1, 0.15) is 4.64 Å². The number of hydrogen-bond donors (Lipinski definition) is 0. The molecule has 108 valence electrons. The van der Waals surface area contributed by atoms with Crippen LogP contribution in [0.1, 0.15) is 23.6 Å². The first-order valence-corrected chi connectivity index (χ1v) is 8.16. The zero-order valence-electron chi connectivity index (χ0n) is 12.1. The lowest BCUT2D eigenvalue weighted by Crippen LogP contribution is -2.44. The van der Waals surface area contributed by atoms with Crippen molar-refractivity contribution in [3.8, 4) is 0 Å². The molecule has 1 saturated heterocycles. The molecule has 0 amide bonds. The van der Waals surface area contributed by atoms with Crippen molar-refractivity contribution in [2.45, 2.75) is 25.4 Å². The molecule has 2 bridgehead atoms. The third kappa shape index (κ3) is 2.56. The van der Waals surface area contributed by atoms with Gasteiger partial charge in [0.2, 0.25) is 0 Å². The summed E-state index contributed by atoms with van der Waals surface area (Å²) in [5.74, 6) is 1.39. The Hall–Kier alpha value is -1.45. The second kappa shape index (κ2) is 5.39. The minimum absolute atomic E-state index is 0.643. The van der Waals surface area contributed by atoms with Crippen LogP contribution < -0.4 is 0 Å². The van der Waals surface area contributed by atoms with E-state index in [0.717, 1.165) is 30.2 Å². The zero-order chi connectivity index (χ0) is 14.2. The molecule has 0 unspecified atom stereocenters.